The van der Waals surface area contributed by atoms with Gasteiger partial charge in [-0.2, -0.15) is 0 Å². The van der Waals surface area contributed by atoms with E-state index in [1.807, 2.05) is 19.9 Å². The van der Waals surface area contributed by atoms with Crippen LogP contribution in [0.1, 0.15) is 33.1 Å². The van der Waals surface area contributed by atoms with E-state index in [1.165, 1.54) is 0 Å². The van der Waals surface area contributed by atoms with Gasteiger partial charge in [0.15, 0.2) is 5.79 Å². The van der Waals surface area contributed by atoms with Gasteiger partial charge in [0, 0.05) is 13.0 Å². The van der Waals surface area contributed by atoms with Crippen LogP contribution < -0.4 is 0 Å². The average molecular weight is 200 g/mol. The van der Waals surface area contributed by atoms with Crippen molar-refractivity contribution in [3.05, 3.63) is 12.7 Å². The fraction of sp³-hybridized carbons (Fsp3) is 0.818. The van der Waals surface area contributed by atoms with E-state index in [0.717, 1.165) is 12.8 Å². The van der Waals surface area contributed by atoms with E-state index in [-0.39, 0.29) is 18.8 Å². The monoisotopic (exact) mass is 200 g/mol. The van der Waals surface area contributed by atoms with Crippen LogP contribution in [0.25, 0.3) is 0 Å². The average Bonchev–Trinajstić information content (AvgIpc) is 2.01. The number of rotatable bonds is 4. The molecule has 1 N–H and O–H groups in total. The summed E-state index contributed by atoms with van der Waals surface area (Å²) in [6, 6.07) is 0. The molecule has 1 aliphatic heterocycles. The predicted molar refractivity (Wildman–Crippen MR) is 55.0 cm³/mol. The second kappa shape index (κ2) is 4.91. The zero-order chi connectivity index (χ0) is 10.6. The van der Waals surface area contributed by atoms with Crippen molar-refractivity contribution < 1.29 is 14.6 Å². The smallest absolute Gasteiger partial charge is 0.163 e. The number of aliphatic hydroxyl groups is 1. The Morgan fingerprint density at radius 1 is 1.43 bits per heavy atom. The van der Waals surface area contributed by atoms with E-state index in [4.69, 9.17) is 14.6 Å². The van der Waals surface area contributed by atoms with Crippen molar-refractivity contribution in [2.24, 2.45) is 0 Å². The lowest BCUT2D eigenvalue weighted by Gasteiger charge is -2.40. The van der Waals surface area contributed by atoms with Gasteiger partial charge in [0.25, 0.3) is 0 Å². The molecule has 3 nitrogen and oxygen atoms in total. The van der Waals surface area contributed by atoms with Crippen molar-refractivity contribution in [3.63, 3.8) is 0 Å². The number of hydrogen-bond acceptors (Lipinski definition) is 3. The van der Waals surface area contributed by atoms with Crippen molar-refractivity contribution in [1.82, 2.24) is 0 Å². The summed E-state index contributed by atoms with van der Waals surface area (Å²) in [7, 11) is 0. The highest BCUT2D eigenvalue weighted by Gasteiger charge is 2.34. The Morgan fingerprint density at radius 3 is 2.64 bits per heavy atom. The molecule has 1 heterocycles. The molecule has 14 heavy (non-hydrogen) atoms. The van der Waals surface area contributed by atoms with Crippen LogP contribution in [-0.4, -0.2) is 29.7 Å². The Hall–Kier alpha value is -0.380. The van der Waals surface area contributed by atoms with Gasteiger partial charge in [0.05, 0.1) is 12.2 Å². The molecule has 0 aromatic heterocycles. The van der Waals surface area contributed by atoms with Crippen molar-refractivity contribution in [2.75, 3.05) is 6.61 Å². The summed E-state index contributed by atoms with van der Waals surface area (Å²) in [5.41, 5.74) is 0. The highest BCUT2D eigenvalue weighted by Crippen LogP contribution is 2.29. The molecular formula is C11H20O3. The van der Waals surface area contributed by atoms with Crippen LogP contribution in [0.5, 0.6) is 0 Å². The zero-order valence-corrected chi connectivity index (χ0v) is 9.03. The van der Waals surface area contributed by atoms with Crippen LogP contribution in [0.2, 0.25) is 0 Å². The first-order valence-corrected chi connectivity index (χ1v) is 5.15. The van der Waals surface area contributed by atoms with Crippen LogP contribution in [-0.2, 0) is 9.47 Å². The maximum absolute atomic E-state index is 8.86. The van der Waals surface area contributed by atoms with Gasteiger partial charge >= 0.3 is 0 Å². The standard InChI is InChI=1S/C11H20O3/c1-4-5-9-8-10(6-7-12)14-11(2,3)13-9/h4,9-10,12H,1,5-8H2,2-3H3/t9-,10+/m1/s1. The van der Waals surface area contributed by atoms with Crippen LogP contribution in [0.15, 0.2) is 12.7 Å². The molecule has 0 radical (unpaired) electrons. The third-order valence-corrected chi connectivity index (χ3v) is 2.31. The van der Waals surface area contributed by atoms with E-state index < -0.39 is 5.79 Å². The minimum Gasteiger partial charge on any atom is -0.396 e. The summed E-state index contributed by atoms with van der Waals surface area (Å²) < 4.78 is 11.4. The molecule has 1 saturated heterocycles. The summed E-state index contributed by atoms with van der Waals surface area (Å²) in [4.78, 5) is 0. The first kappa shape index (κ1) is 11.7. The Morgan fingerprint density at radius 2 is 2.07 bits per heavy atom. The minimum absolute atomic E-state index is 0.105. The van der Waals surface area contributed by atoms with Crippen molar-refractivity contribution in [2.45, 2.75) is 51.1 Å². The lowest BCUT2D eigenvalue weighted by atomic mass is 10.0. The van der Waals surface area contributed by atoms with Gasteiger partial charge in [0.1, 0.15) is 0 Å². The summed E-state index contributed by atoms with van der Waals surface area (Å²) in [5.74, 6) is -0.536. The second-order valence-corrected chi connectivity index (χ2v) is 4.15. The quantitative estimate of drug-likeness (QED) is 0.704. The number of ether oxygens (including phenoxy) is 2. The van der Waals surface area contributed by atoms with Crippen LogP contribution in [0.4, 0.5) is 0 Å². The first-order valence-electron chi connectivity index (χ1n) is 5.15. The van der Waals surface area contributed by atoms with Crippen LogP contribution in [0, 0.1) is 0 Å². The van der Waals surface area contributed by atoms with Crippen molar-refractivity contribution in [1.29, 1.82) is 0 Å². The maximum atomic E-state index is 8.86. The summed E-state index contributed by atoms with van der Waals surface area (Å²) in [6.45, 7) is 7.69. The molecule has 82 valence electrons. The summed E-state index contributed by atoms with van der Waals surface area (Å²) in [5, 5.41) is 8.86. The van der Waals surface area contributed by atoms with Crippen molar-refractivity contribution in [3.8, 4) is 0 Å². The third-order valence-electron chi connectivity index (χ3n) is 2.31. The molecule has 0 saturated carbocycles. The van der Waals surface area contributed by atoms with Gasteiger partial charge in [-0.3, -0.25) is 0 Å². The first-order chi connectivity index (χ1) is 6.57. The van der Waals surface area contributed by atoms with Crippen LogP contribution >= 0.6 is 0 Å². The summed E-state index contributed by atoms with van der Waals surface area (Å²) >= 11 is 0. The Balaban J connectivity index is 2.52. The minimum atomic E-state index is -0.536. The Labute approximate surface area is 85.7 Å². The predicted octanol–water partition coefficient (Wildman–Crippen LogP) is 1.86. The van der Waals surface area contributed by atoms with Crippen LogP contribution in [0.3, 0.4) is 0 Å². The lowest BCUT2D eigenvalue weighted by molar-refractivity contribution is -0.300. The third kappa shape index (κ3) is 3.40. The topological polar surface area (TPSA) is 38.7 Å². The molecule has 1 aliphatic rings. The van der Waals surface area contributed by atoms with E-state index in [9.17, 15) is 0 Å². The Bertz CT molecular complexity index is 189. The zero-order valence-electron chi connectivity index (χ0n) is 9.03. The fourth-order valence-electron chi connectivity index (χ4n) is 1.87. The van der Waals surface area contributed by atoms with E-state index in [2.05, 4.69) is 6.58 Å². The molecule has 0 unspecified atom stereocenters. The normalized spacial score (nSPS) is 31.4. The van der Waals surface area contributed by atoms with Gasteiger partial charge in [-0.15, -0.1) is 6.58 Å². The van der Waals surface area contributed by atoms with E-state index in [1.54, 1.807) is 0 Å². The fourth-order valence-corrected chi connectivity index (χ4v) is 1.87. The molecular weight excluding hydrogens is 180 g/mol. The SMILES string of the molecule is C=CC[C@@H]1C[C@H](CCO)OC(C)(C)O1. The maximum Gasteiger partial charge on any atom is 0.163 e. The van der Waals surface area contributed by atoms with Gasteiger partial charge < -0.3 is 14.6 Å². The van der Waals surface area contributed by atoms with E-state index in [0.29, 0.717) is 6.42 Å². The molecule has 0 amide bonds. The summed E-state index contributed by atoms with van der Waals surface area (Å²) in [6.07, 6.45) is 4.51. The number of hydrogen-bond donors (Lipinski definition) is 1. The largest absolute Gasteiger partial charge is 0.396 e. The van der Waals surface area contributed by atoms with Gasteiger partial charge in [0.2, 0.25) is 0 Å². The van der Waals surface area contributed by atoms with E-state index >= 15 is 0 Å². The molecule has 1 rings (SSSR count). The second-order valence-electron chi connectivity index (χ2n) is 4.15. The van der Waals surface area contributed by atoms with Crippen molar-refractivity contribution >= 4 is 0 Å². The molecule has 0 bridgehead atoms. The highest BCUT2D eigenvalue weighted by molar-refractivity contribution is 4.81. The van der Waals surface area contributed by atoms with Gasteiger partial charge in [-0.25, -0.2) is 0 Å². The lowest BCUT2D eigenvalue weighted by Crippen LogP contribution is -2.44. The number of aliphatic hydroxyl groups excluding tert-OH is 1. The van der Waals surface area contributed by atoms with Gasteiger partial charge in [-0.1, -0.05) is 6.08 Å². The molecule has 0 spiro atoms. The molecule has 0 aromatic carbocycles. The molecule has 2 atom stereocenters. The molecule has 1 fully saturated rings. The molecule has 3 heteroatoms. The molecule has 0 aromatic rings. The Kier molecular flexibility index (Phi) is 4.11. The van der Waals surface area contributed by atoms with Gasteiger partial charge in [-0.05, 0) is 26.7 Å². The highest BCUT2D eigenvalue weighted by atomic mass is 16.7. The molecule has 0 aliphatic carbocycles.